The summed E-state index contributed by atoms with van der Waals surface area (Å²) in [7, 11) is 1.45. The van der Waals surface area contributed by atoms with Crippen LogP contribution in [0.2, 0.25) is 0 Å². The molecule has 96 valence electrons. The highest BCUT2D eigenvalue weighted by atomic mass is 19.4. The number of rotatable bonds is 2. The zero-order valence-corrected chi connectivity index (χ0v) is 9.57. The maximum atomic E-state index is 12.5. The molecule has 0 fully saturated rings. The van der Waals surface area contributed by atoms with Crippen LogP contribution in [0.3, 0.4) is 0 Å². The Morgan fingerprint density at radius 3 is 2.56 bits per heavy atom. The number of nitrogens with zero attached hydrogens (tertiary/aromatic N) is 2. The van der Waals surface area contributed by atoms with Crippen LogP contribution in [0.4, 0.5) is 13.2 Å². The Kier molecular flexibility index (Phi) is 3.13. The Morgan fingerprint density at radius 2 is 2.00 bits per heavy atom. The van der Waals surface area contributed by atoms with Crippen LogP contribution in [-0.2, 0) is 19.8 Å². The van der Waals surface area contributed by atoms with E-state index in [1.165, 1.54) is 11.7 Å². The first-order valence-corrected chi connectivity index (χ1v) is 5.23. The molecule has 0 saturated carbocycles. The number of aromatic nitrogens is 2. The Balaban J connectivity index is 2.47. The summed E-state index contributed by atoms with van der Waals surface area (Å²) in [6.45, 7) is -0.155. The predicted molar refractivity (Wildman–Crippen MR) is 59.6 cm³/mol. The Bertz CT molecular complexity index is 561. The van der Waals surface area contributed by atoms with E-state index < -0.39 is 11.9 Å². The molecule has 1 heterocycles. The molecule has 1 aromatic heterocycles. The minimum absolute atomic E-state index is 0.155. The number of hydrogen-bond donors (Lipinski definition) is 1. The van der Waals surface area contributed by atoms with Gasteiger partial charge in [-0.1, -0.05) is 18.2 Å². The van der Waals surface area contributed by atoms with Gasteiger partial charge in [0.05, 0.1) is 12.3 Å². The van der Waals surface area contributed by atoms with Crippen LogP contribution in [0, 0.1) is 0 Å². The highest BCUT2D eigenvalue weighted by Gasteiger charge is 2.34. The zero-order valence-electron chi connectivity index (χ0n) is 9.57. The first-order valence-electron chi connectivity index (χ1n) is 5.23. The molecular weight excluding hydrogens is 245 g/mol. The number of benzene rings is 1. The van der Waals surface area contributed by atoms with Crippen molar-refractivity contribution in [2.45, 2.75) is 12.8 Å². The molecule has 18 heavy (non-hydrogen) atoms. The van der Waals surface area contributed by atoms with Gasteiger partial charge in [-0.15, -0.1) is 0 Å². The summed E-state index contributed by atoms with van der Waals surface area (Å²) in [6.07, 6.45) is -4.45. The largest absolute Gasteiger partial charge is 0.435 e. The molecule has 0 atom stereocenters. The first kappa shape index (κ1) is 12.6. The third kappa shape index (κ3) is 2.38. The lowest BCUT2D eigenvalue weighted by Crippen LogP contribution is -2.06. The van der Waals surface area contributed by atoms with Crippen LogP contribution in [0.15, 0.2) is 30.3 Å². The van der Waals surface area contributed by atoms with E-state index in [0.717, 1.165) is 6.07 Å². The van der Waals surface area contributed by atoms with Gasteiger partial charge in [-0.3, -0.25) is 4.68 Å². The highest BCUT2D eigenvalue weighted by molar-refractivity contribution is 5.61. The van der Waals surface area contributed by atoms with Crippen LogP contribution in [0.5, 0.6) is 0 Å². The molecule has 0 saturated heterocycles. The van der Waals surface area contributed by atoms with Gasteiger partial charge in [0.2, 0.25) is 0 Å². The first-order chi connectivity index (χ1) is 8.41. The fourth-order valence-electron chi connectivity index (χ4n) is 1.70. The Labute approximate surface area is 101 Å². The topological polar surface area (TPSA) is 38.0 Å². The maximum Gasteiger partial charge on any atom is 0.435 e. The van der Waals surface area contributed by atoms with Crippen LogP contribution in [0.1, 0.15) is 11.3 Å². The van der Waals surface area contributed by atoms with Crippen molar-refractivity contribution < 1.29 is 18.3 Å². The average molecular weight is 256 g/mol. The molecule has 2 rings (SSSR count). The molecule has 1 aromatic carbocycles. The van der Waals surface area contributed by atoms with E-state index in [2.05, 4.69) is 5.10 Å². The van der Waals surface area contributed by atoms with Crippen LogP contribution in [-0.4, -0.2) is 14.9 Å². The third-order valence-electron chi connectivity index (χ3n) is 2.58. The molecule has 0 amide bonds. The van der Waals surface area contributed by atoms with E-state index >= 15 is 0 Å². The minimum atomic E-state index is -4.45. The van der Waals surface area contributed by atoms with Gasteiger partial charge in [-0.05, 0) is 17.7 Å². The van der Waals surface area contributed by atoms with Crippen molar-refractivity contribution in [3.8, 4) is 11.3 Å². The molecule has 0 aliphatic heterocycles. The molecule has 0 unspecified atom stereocenters. The van der Waals surface area contributed by atoms with E-state index in [9.17, 15) is 13.2 Å². The van der Waals surface area contributed by atoms with Crippen molar-refractivity contribution in [3.05, 3.63) is 41.6 Å². The fraction of sp³-hybridized carbons (Fsp3) is 0.250. The number of aliphatic hydroxyl groups excluding tert-OH is 1. The van der Waals surface area contributed by atoms with Crippen LogP contribution < -0.4 is 0 Å². The summed E-state index contributed by atoms with van der Waals surface area (Å²) in [5.41, 5.74) is 0.668. The summed E-state index contributed by atoms with van der Waals surface area (Å²) in [5.74, 6) is 0. The smallest absolute Gasteiger partial charge is 0.392 e. The standard InChI is InChI=1S/C12H11F3N2O/c1-17-10(6-11(16-17)12(13,14)15)9-4-2-3-8(5-9)7-18/h2-6,18H,7H2,1H3. The SMILES string of the molecule is Cn1nc(C(F)(F)F)cc1-c1cccc(CO)c1. The normalized spacial score (nSPS) is 11.8. The molecule has 0 aliphatic carbocycles. The molecule has 0 spiro atoms. The lowest BCUT2D eigenvalue weighted by Gasteiger charge is -2.03. The Hall–Kier alpha value is -1.82. The summed E-state index contributed by atoms with van der Waals surface area (Å²) >= 11 is 0. The minimum Gasteiger partial charge on any atom is -0.392 e. The van der Waals surface area contributed by atoms with Crippen molar-refractivity contribution in [2.24, 2.45) is 7.05 Å². The molecular formula is C12H11F3N2O. The quantitative estimate of drug-likeness (QED) is 0.896. The Morgan fingerprint density at radius 1 is 1.28 bits per heavy atom. The van der Waals surface area contributed by atoms with Gasteiger partial charge >= 0.3 is 6.18 Å². The van der Waals surface area contributed by atoms with E-state index in [1.54, 1.807) is 24.3 Å². The lowest BCUT2D eigenvalue weighted by atomic mass is 10.1. The van der Waals surface area contributed by atoms with E-state index in [1.807, 2.05) is 0 Å². The van der Waals surface area contributed by atoms with Gasteiger partial charge in [0.15, 0.2) is 5.69 Å². The second kappa shape index (κ2) is 4.45. The molecule has 6 heteroatoms. The molecule has 0 aliphatic rings. The highest BCUT2D eigenvalue weighted by Crippen LogP contribution is 2.31. The van der Waals surface area contributed by atoms with Gasteiger partial charge in [0.25, 0.3) is 0 Å². The second-order valence-electron chi connectivity index (χ2n) is 3.89. The van der Waals surface area contributed by atoms with Crippen molar-refractivity contribution in [2.75, 3.05) is 0 Å². The lowest BCUT2D eigenvalue weighted by molar-refractivity contribution is -0.141. The summed E-state index contributed by atoms with van der Waals surface area (Å²) in [6, 6.07) is 7.69. The molecule has 1 N–H and O–H groups in total. The number of halogens is 3. The predicted octanol–water partition coefficient (Wildman–Crippen LogP) is 2.60. The average Bonchev–Trinajstić information content (AvgIpc) is 2.71. The van der Waals surface area contributed by atoms with Gasteiger partial charge in [-0.2, -0.15) is 18.3 Å². The van der Waals surface area contributed by atoms with Crippen LogP contribution in [0.25, 0.3) is 11.3 Å². The summed E-state index contributed by atoms with van der Waals surface area (Å²) in [5, 5.41) is 12.5. The second-order valence-corrected chi connectivity index (χ2v) is 3.89. The third-order valence-corrected chi connectivity index (χ3v) is 2.58. The number of hydrogen-bond acceptors (Lipinski definition) is 2. The van der Waals surface area contributed by atoms with Gasteiger partial charge in [0, 0.05) is 12.6 Å². The van der Waals surface area contributed by atoms with Gasteiger partial charge in [0.1, 0.15) is 0 Å². The van der Waals surface area contributed by atoms with Gasteiger partial charge < -0.3 is 5.11 Å². The summed E-state index contributed by atoms with van der Waals surface area (Å²) < 4.78 is 38.8. The van der Waals surface area contributed by atoms with Crippen LogP contribution >= 0.6 is 0 Å². The van der Waals surface area contributed by atoms with Crippen molar-refractivity contribution in [3.63, 3.8) is 0 Å². The summed E-state index contributed by atoms with van der Waals surface area (Å²) in [4.78, 5) is 0. The van der Waals surface area contributed by atoms with E-state index in [-0.39, 0.29) is 6.61 Å². The monoisotopic (exact) mass is 256 g/mol. The molecule has 2 aromatic rings. The van der Waals surface area contributed by atoms with E-state index in [0.29, 0.717) is 16.8 Å². The van der Waals surface area contributed by atoms with E-state index in [4.69, 9.17) is 5.11 Å². The number of alkyl halides is 3. The number of aliphatic hydroxyl groups is 1. The van der Waals surface area contributed by atoms with Gasteiger partial charge in [-0.25, -0.2) is 0 Å². The van der Waals surface area contributed by atoms with Crippen molar-refractivity contribution in [1.29, 1.82) is 0 Å². The molecule has 0 radical (unpaired) electrons. The maximum absolute atomic E-state index is 12.5. The zero-order chi connectivity index (χ0) is 13.3. The number of aryl methyl sites for hydroxylation is 1. The fourth-order valence-corrected chi connectivity index (χ4v) is 1.70. The van der Waals surface area contributed by atoms with Crippen molar-refractivity contribution >= 4 is 0 Å². The molecule has 0 bridgehead atoms. The molecule has 3 nitrogen and oxygen atoms in total. The van der Waals surface area contributed by atoms with Crippen molar-refractivity contribution in [1.82, 2.24) is 9.78 Å².